The number of ether oxygens (including phenoxy) is 1. The Morgan fingerprint density at radius 2 is 2.13 bits per heavy atom. The van der Waals surface area contributed by atoms with E-state index in [2.05, 4.69) is 15.6 Å². The molecule has 0 radical (unpaired) electrons. The van der Waals surface area contributed by atoms with Crippen molar-refractivity contribution in [1.29, 1.82) is 0 Å². The highest BCUT2D eigenvalue weighted by molar-refractivity contribution is 7.09. The summed E-state index contributed by atoms with van der Waals surface area (Å²) in [5.41, 5.74) is 3.03. The van der Waals surface area contributed by atoms with Gasteiger partial charge >= 0.3 is 0 Å². The van der Waals surface area contributed by atoms with Crippen molar-refractivity contribution in [2.75, 3.05) is 33.4 Å². The molecule has 0 saturated heterocycles. The molecule has 0 saturated carbocycles. The third-order valence-electron chi connectivity index (χ3n) is 2.09. The van der Waals surface area contributed by atoms with E-state index in [0.717, 1.165) is 38.5 Å². The van der Waals surface area contributed by atoms with Gasteiger partial charge in [-0.3, -0.25) is 0 Å². The van der Waals surface area contributed by atoms with Crippen molar-refractivity contribution in [3.63, 3.8) is 0 Å². The first-order chi connectivity index (χ1) is 7.34. The second-order valence-corrected chi connectivity index (χ2v) is 4.22. The second-order valence-electron chi connectivity index (χ2n) is 3.28. The number of aromatic nitrogens is 1. The van der Waals surface area contributed by atoms with E-state index in [-0.39, 0.29) is 0 Å². The van der Waals surface area contributed by atoms with Gasteiger partial charge in [0, 0.05) is 38.2 Å². The van der Waals surface area contributed by atoms with Crippen LogP contribution in [-0.4, -0.2) is 38.3 Å². The Morgan fingerprint density at radius 1 is 1.33 bits per heavy atom. The van der Waals surface area contributed by atoms with Gasteiger partial charge in [0.15, 0.2) is 0 Å². The molecule has 0 atom stereocenters. The summed E-state index contributed by atoms with van der Waals surface area (Å²) in [6.45, 7) is 6.60. The van der Waals surface area contributed by atoms with Gasteiger partial charge in [-0.25, -0.2) is 4.98 Å². The first-order valence-corrected chi connectivity index (χ1v) is 6.02. The third kappa shape index (κ3) is 5.22. The molecule has 2 N–H and O–H groups in total. The lowest BCUT2D eigenvalue weighted by Gasteiger charge is -2.05. The summed E-state index contributed by atoms with van der Waals surface area (Å²) >= 11 is 1.71. The largest absolute Gasteiger partial charge is 0.383 e. The molecule has 5 heteroatoms. The zero-order chi connectivity index (χ0) is 10.9. The smallest absolute Gasteiger partial charge is 0.0798 e. The zero-order valence-electron chi connectivity index (χ0n) is 9.38. The molecule has 1 aromatic heterocycles. The molecule has 86 valence electrons. The molecule has 0 fully saturated rings. The molecule has 1 heterocycles. The van der Waals surface area contributed by atoms with Gasteiger partial charge in [0.25, 0.3) is 0 Å². The fraction of sp³-hybridized carbons (Fsp3) is 0.700. The molecular formula is C10H19N3OS. The summed E-state index contributed by atoms with van der Waals surface area (Å²) in [4.78, 5) is 5.53. The monoisotopic (exact) mass is 229 g/mol. The fourth-order valence-corrected chi connectivity index (χ4v) is 1.92. The number of hydrogen-bond acceptors (Lipinski definition) is 5. The van der Waals surface area contributed by atoms with Gasteiger partial charge in [-0.15, -0.1) is 11.3 Å². The summed E-state index contributed by atoms with van der Waals surface area (Å²) in [6.07, 6.45) is 0. The van der Waals surface area contributed by atoms with Gasteiger partial charge < -0.3 is 15.4 Å². The molecule has 0 amide bonds. The quantitative estimate of drug-likeness (QED) is 0.647. The van der Waals surface area contributed by atoms with Gasteiger partial charge in [0.2, 0.25) is 0 Å². The lowest BCUT2D eigenvalue weighted by Crippen LogP contribution is -2.29. The number of nitrogens with one attached hydrogen (secondary N) is 2. The van der Waals surface area contributed by atoms with Crippen molar-refractivity contribution >= 4 is 11.3 Å². The maximum atomic E-state index is 4.93. The van der Waals surface area contributed by atoms with E-state index < -0.39 is 0 Å². The van der Waals surface area contributed by atoms with Crippen LogP contribution in [0.25, 0.3) is 0 Å². The molecule has 0 aliphatic heterocycles. The van der Waals surface area contributed by atoms with Crippen LogP contribution in [0, 0.1) is 6.92 Å². The molecule has 1 rings (SSSR count). The number of aryl methyl sites for hydroxylation is 1. The van der Waals surface area contributed by atoms with E-state index in [1.165, 1.54) is 4.88 Å². The van der Waals surface area contributed by atoms with Crippen molar-refractivity contribution in [3.05, 3.63) is 16.1 Å². The van der Waals surface area contributed by atoms with Crippen molar-refractivity contribution in [3.8, 4) is 0 Å². The Kier molecular flexibility index (Phi) is 6.50. The fourth-order valence-electron chi connectivity index (χ4n) is 1.17. The van der Waals surface area contributed by atoms with Crippen molar-refractivity contribution in [2.24, 2.45) is 0 Å². The van der Waals surface area contributed by atoms with Crippen molar-refractivity contribution < 1.29 is 4.74 Å². The van der Waals surface area contributed by atoms with E-state index in [1.54, 1.807) is 18.4 Å². The van der Waals surface area contributed by atoms with Crippen LogP contribution < -0.4 is 10.6 Å². The van der Waals surface area contributed by atoms with Crippen LogP contribution in [0.2, 0.25) is 0 Å². The van der Waals surface area contributed by atoms with Crippen LogP contribution in [0.1, 0.15) is 10.6 Å². The van der Waals surface area contributed by atoms with E-state index >= 15 is 0 Å². The zero-order valence-corrected chi connectivity index (χ0v) is 10.2. The molecule has 0 unspecified atom stereocenters. The van der Waals surface area contributed by atoms with Gasteiger partial charge in [-0.05, 0) is 6.92 Å². The summed E-state index contributed by atoms with van der Waals surface area (Å²) < 4.78 is 4.93. The summed E-state index contributed by atoms with van der Waals surface area (Å²) in [7, 11) is 1.71. The van der Waals surface area contributed by atoms with E-state index in [4.69, 9.17) is 4.74 Å². The predicted molar refractivity (Wildman–Crippen MR) is 63.3 cm³/mol. The molecule has 15 heavy (non-hydrogen) atoms. The second kappa shape index (κ2) is 7.76. The van der Waals surface area contributed by atoms with E-state index in [9.17, 15) is 0 Å². The molecule has 0 bridgehead atoms. The first-order valence-electron chi connectivity index (χ1n) is 5.14. The number of nitrogens with zero attached hydrogens (tertiary/aromatic N) is 1. The van der Waals surface area contributed by atoms with Crippen LogP contribution in [0.5, 0.6) is 0 Å². The van der Waals surface area contributed by atoms with E-state index in [1.807, 2.05) is 12.4 Å². The maximum absolute atomic E-state index is 4.93. The number of rotatable bonds is 8. The third-order valence-corrected chi connectivity index (χ3v) is 3.03. The van der Waals surface area contributed by atoms with Crippen molar-refractivity contribution in [1.82, 2.24) is 15.6 Å². The SMILES string of the molecule is COCCNCCNCc1scnc1C. The highest BCUT2D eigenvalue weighted by Gasteiger charge is 1.99. The summed E-state index contributed by atoms with van der Waals surface area (Å²) in [5, 5.41) is 6.65. The predicted octanol–water partition coefficient (Wildman–Crippen LogP) is 0.777. The number of hydrogen-bond donors (Lipinski definition) is 2. The normalized spacial score (nSPS) is 10.8. The molecule has 4 nitrogen and oxygen atoms in total. The standard InChI is InChI=1S/C10H19N3OS/c1-9-10(15-8-13-9)7-12-4-3-11-5-6-14-2/h8,11-12H,3-7H2,1-2H3. The van der Waals surface area contributed by atoms with E-state index in [0.29, 0.717) is 0 Å². The molecule has 0 aliphatic carbocycles. The summed E-state index contributed by atoms with van der Waals surface area (Å²) in [5.74, 6) is 0. The Bertz CT molecular complexity index is 265. The van der Waals surface area contributed by atoms with Gasteiger partial charge in [0.05, 0.1) is 17.8 Å². The number of thiazole rings is 1. The first kappa shape index (κ1) is 12.6. The molecule has 0 spiro atoms. The summed E-state index contributed by atoms with van der Waals surface area (Å²) in [6, 6.07) is 0. The average molecular weight is 229 g/mol. The Hall–Kier alpha value is -0.490. The molecule has 0 aromatic carbocycles. The minimum atomic E-state index is 0.772. The Labute approximate surface area is 95.1 Å². The highest BCUT2D eigenvalue weighted by atomic mass is 32.1. The minimum absolute atomic E-state index is 0.772. The Morgan fingerprint density at radius 3 is 2.80 bits per heavy atom. The van der Waals surface area contributed by atoms with Gasteiger partial charge in [-0.2, -0.15) is 0 Å². The van der Waals surface area contributed by atoms with Crippen molar-refractivity contribution in [2.45, 2.75) is 13.5 Å². The van der Waals surface area contributed by atoms with Crippen LogP contribution in [-0.2, 0) is 11.3 Å². The minimum Gasteiger partial charge on any atom is -0.383 e. The van der Waals surface area contributed by atoms with Crippen LogP contribution in [0.15, 0.2) is 5.51 Å². The van der Waals surface area contributed by atoms with Gasteiger partial charge in [-0.1, -0.05) is 0 Å². The lowest BCUT2D eigenvalue weighted by atomic mass is 10.4. The Balaban J connectivity index is 1.96. The van der Waals surface area contributed by atoms with Crippen LogP contribution in [0.3, 0.4) is 0 Å². The molecule has 0 aliphatic rings. The average Bonchev–Trinajstić information content (AvgIpc) is 2.63. The van der Waals surface area contributed by atoms with Crippen LogP contribution >= 0.6 is 11.3 Å². The maximum Gasteiger partial charge on any atom is 0.0798 e. The highest BCUT2D eigenvalue weighted by Crippen LogP contribution is 2.10. The lowest BCUT2D eigenvalue weighted by molar-refractivity contribution is 0.199. The number of methoxy groups -OCH3 is 1. The molecule has 1 aromatic rings. The van der Waals surface area contributed by atoms with Gasteiger partial charge in [0.1, 0.15) is 0 Å². The van der Waals surface area contributed by atoms with Crippen LogP contribution in [0.4, 0.5) is 0 Å². The topological polar surface area (TPSA) is 46.2 Å². The molecular weight excluding hydrogens is 210 g/mol.